The van der Waals surface area contributed by atoms with Crippen molar-refractivity contribution in [3.8, 4) is 0 Å². The number of nitrogens with two attached hydrogens (primary N) is 5. The molecule has 0 aliphatic heterocycles. The van der Waals surface area contributed by atoms with Crippen LogP contribution in [0.1, 0.15) is 81.5 Å². The normalized spacial score (nSPS) is 13.1. The number of nitrogens with zero attached hydrogens (tertiary/aromatic N) is 2. The summed E-state index contributed by atoms with van der Waals surface area (Å²) in [7, 11) is 0. The lowest BCUT2D eigenvalue weighted by atomic mass is 10.0. The van der Waals surface area contributed by atoms with Crippen molar-refractivity contribution < 1.29 is 24.0 Å². The number of rotatable bonds is 24. The summed E-state index contributed by atoms with van der Waals surface area (Å²) in [6.07, 6.45) is 4.97. The van der Waals surface area contributed by atoms with E-state index in [4.69, 9.17) is 28.7 Å². The van der Waals surface area contributed by atoms with Gasteiger partial charge in [0, 0.05) is 18.7 Å². The number of aliphatic imine (C=N–C) groups is 2. The Hall–Kier alpha value is -4.73. The van der Waals surface area contributed by atoms with Gasteiger partial charge in [0.1, 0.15) is 24.4 Å². The minimum Gasteiger partial charge on any atom is -0.370 e. The Kier molecular flexibility index (Phi) is 20.2. The Morgan fingerprint density at radius 2 is 1.17 bits per heavy atom. The molecule has 262 valence electrons. The largest absolute Gasteiger partial charge is 0.370 e. The number of unbranched alkanes of at least 4 members (excludes halogenated alkanes) is 2. The number of carbonyl (C=O) groups excluding carboxylic acids is 5. The molecule has 0 spiro atoms. The Morgan fingerprint density at radius 3 is 1.68 bits per heavy atom. The van der Waals surface area contributed by atoms with Crippen molar-refractivity contribution in [1.82, 2.24) is 21.3 Å². The molecule has 0 aliphatic rings. The summed E-state index contributed by atoms with van der Waals surface area (Å²) < 4.78 is 0. The van der Waals surface area contributed by atoms with Gasteiger partial charge in [0.2, 0.25) is 17.7 Å². The van der Waals surface area contributed by atoms with Gasteiger partial charge in [-0.05, 0) is 70.0 Å². The molecule has 47 heavy (non-hydrogen) atoms. The third kappa shape index (κ3) is 17.5. The number of hydrogen-bond acceptors (Lipinski definition) is 8. The van der Waals surface area contributed by atoms with Gasteiger partial charge in [-0.25, -0.2) is 0 Å². The van der Waals surface area contributed by atoms with E-state index in [-0.39, 0.29) is 44.3 Å². The van der Waals surface area contributed by atoms with Crippen LogP contribution < -0.4 is 49.9 Å². The number of amides is 4. The first-order chi connectivity index (χ1) is 22.5. The maximum Gasteiger partial charge on any atom is 0.251 e. The zero-order valence-corrected chi connectivity index (χ0v) is 27.3. The second-order valence-electron chi connectivity index (χ2n) is 11.1. The molecular weight excluding hydrogens is 606 g/mol. The van der Waals surface area contributed by atoms with Gasteiger partial charge in [0.15, 0.2) is 11.9 Å². The summed E-state index contributed by atoms with van der Waals surface area (Å²) in [6.45, 7) is 2.83. The predicted octanol–water partition coefficient (Wildman–Crippen LogP) is -1.14. The van der Waals surface area contributed by atoms with E-state index >= 15 is 0 Å². The molecule has 0 saturated carbocycles. The van der Waals surface area contributed by atoms with E-state index in [1.54, 1.807) is 30.3 Å². The third-order valence-corrected chi connectivity index (χ3v) is 7.12. The van der Waals surface area contributed by atoms with Crippen LogP contribution in [0.25, 0.3) is 0 Å². The number of benzene rings is 1. The number of aldehydes is 1. The lowest BCUT2D eigenvalue weighted by molar-refractivity contribution is -0.133. The first-order valence-electron chi connectivity index (χ1n) is 16.0. The molecule has 14 N–H and O–H groups in total. The smallest absolute Gasteiger partial charge is 0.251 e. The van der Waals surface area contributed by atoms with Gasteiger partial charge in [-0.1, -0.05) is 38.0 Å². The molecule has 0 unspecified atom stereocenters. The van der Waals surface area contributed by atoms with Crippen molar-refractivity contribution in [3.05, 3.63) is 35.9 Å². The first-order valence-corrected chi connectivity index (χ1v) is 16.0. The molecule has 16 heteroatoms. The molecule has 1 aromatic rings. The van der Waals surface area contributed by atoms with Crippen molar-refractivity contribution in [2.75, 3.05) is 19.6 Å². The molecule has 0 fully saturated rings. The van der Waals surface area contributed by atoms with Crippen molar-refractivity contribution in [2.45, 2.75) is 95.3 Å². The molecule has 4 atom stereocenters. The van der Waals surface area contributed by atoms with E-state index in [0.29, 0.717) is 56.9 Å². The van der Waals surface area contributed by atoms with Crippen LogP contribution in [0, 0.1) is 0 Å². The Labute approximate surface area is 276 Å². The van der Waals surface area contributed by atoms with Gasteiger partial charge in [0.25, 0.3) is 5.91 Å². The zero-order valence-electron chi connectivity index (χ0n) is 27.3. The molecule has 1 rings (SSSR count). The van der Waals surface area contributed by atoms with Crippen LogP contribution in [0.3, 0.4) is 0 Å². The van der Waals surface area contributed by atoms with Gasteiger partial charge in [-0.3, -0.25) is 29.2 Å². The maximum absolute atomic E-state index is 13.6. The van der Waals surface area contributed by atoms with E-state index in [0.717, 1.165) is 6.42 Å². The van der Waals surface area contributed by atoms with Gasteiger partial charge in [-0.2, -0.15) is 0 Å². The van der Waals surface area contributed by atoms with Crippen LogP contribution in [0.4, 0.5) is 0 Å². The molecular formula is C31H53N11O5. The highest BCUT2D eigenvalue weighted by Gasteiger charge is 2.30. The van der Waals surface area contributed by atoms with Crippen LogP contribution >= 0.6 is 0 Å². The number of hydrogen-bond donors (Lipinski definition) is 9. The summed E-state index contributed by atoms with van der Waals surface area (Å²) in [4.78, 5) is 72.8. The van der Waals surface area contributed by atoms with Crippen LogP contribution in [-0.4, -0.2) is 85.6 Å². The lowest BCUT2D eigenvalue weighted by Gasteiger charge is -2.26. The minimum absolute atomic E-state index is 0.0800. The van der Waals surface area contributed by atoms with E-state index < -0.39 is 47.8 Å². The topological polar surface area (TPSA) is 288 Å². The number of guanidine groups is 2. The van der Waals surface area contributed by atoms with Gasteiger partial charge < -0.3 is 54.7 Å². The van der Waals surface area contributed by atoms with Crippen LogP contribution in [0.15, 0.2) is 40.3 Å². The molecule has 0 saturated heterocycles. The monoisotopic (exact) mass is 659 g/mol. The highest BCUT2D eigenvalue weighted by Crippen LogP contribution is 2.09. The SMILES string of the molecule is CCCC[C@H](NC(=O)c1ccccc1)C(=O)N[C@@H](CCCCN)C(=O)N[C@H](CCCN=C(N)N)C(=O)N[C@H](C=O)CCCN=C(N)N. The van der Waals surface area contributed by atoms with Gasteiger partial charge in [-0.15, -0.1) is 0 Å². The van der Waals surface area contributed by atoms with Gasteiger partial charge >= 0.3 is 0 Å². The van der Waals surface area contributed by atoms with E-state index in [1.165, 1.54) is 0 Å². The van der Waals surface area contributed by atoms with Crippen LogP contribution in [-0.2, 0) is 19.2 Å². The van der Waals surface area contributed by atoms with Crippen molar-refractivity contribution >= 4 is 41.8 Å². The lowest BCUT2D eigenvalue weighted by Crippen LogP contribution is -2.57. The zero-order chi connectivity index (χ0) is 35.0. The summed E-state index contributed by atoms with van der Waals surface area (Å²) in [6, 6.07) is 4.69. The average molecular weight is 660 g/mol. The molecule has 4 amide bonds. The Morgan fingerprint density at radius 1 is 0.681 bits per heavy atom. The molecule has 0 bridgehead atoms. The average Bonchev–Trinajstić information content (AvgIpc) is 3.05. The summed E-state index contributed by atoms with van der Waals surface area (Å²) in [5.74, 6) is -2.32. The van der Waals surface area contributed by atoms with Crippen molar-refractivity contribution in [3.63, 3.8) is 0 Å². The van der Waals surface area contributed by atoms with E-state index in [1.807, 2.05) is 6.92 Å². The van der Waals surface area contributed by atoms with Crippen LogP contribution in [0.5, 0.6) is 0 Å². The van der Waals surface area contributed by atoms with E-state index in [9.17, 15) is 24.0 Å². The predicted molar refractivity (Wildman–Crippen MR) is 182 cm³/mol. The van der Waals surface area contributed by atoms with Crippen LogP contribution in [0.2, 0.25) is 0 Å². The molecule has 16 nitrogen and oxygen atoms in total. The molecule has 0 radical (unpaired) electrons. The summed E-state index contributed by atoms with van der Waals surface area (Å²) >= 11 is 0. The fourth-order valence-electron chi connectivity index (χ4n) is 4.56. The number of carbonyl (C=O) groups is 5. The highest BCUT2D eigenvalue weighted by molar-refractivity contribution is 5.98. The molecule has 0 aromatic heterocycles. The number of nitrogens with one attached hydrogen (secondary N) is 4. The molecule has 1 aromatic carbocycles. The fourth-order valence-corrected chi connectivity index (χ4v) is 4.56. The van der Waals surface area contributed by atoms with Crippen molar-refractivity contribution in [1.29, 1.82) is 0 Å². The maximum atomic E-state index is 13.6. The second kappa shape index (κ2) is 23.6. The van der Waals surface area contributed by atoms with Crippen molar-refractivity contribution in [2.24, 2.45) is 38.7 Å². The third-order valence-electron chi connectivity index (χ3n) is 7.12. The second-order valence-corrected chi connectivity index (χ2v) is 11.1. The summed E-state index contributed by atoms with van der Waals surface area (Å²) in [5.41, 5.74) is 27.6. The quantitative estimate of drug-likeness (QED) is 0.0278. The van der Waals surface area contributed by atoms with Gasteiger partial charge in [0.05, 0.1) is 6.04 Å². The molecule has 0 aliphatic carbocycles. The first kappa shape index (κ1) is 40.3. The summed E-state index contributed by atoms with van der Waals surface area (Å²) in [5, 5.41) is 10.9. The molecule has 0 heterocycles. The van der Waals surface area contributed by atoms with E-state index in [2.05, 4.69) is 31.3 Å². The minimum atomic E-state index is -1.07. The Bertz CT molecular complexity index is 1170. The highest BCUT2D eigenvalue weighted by atomic mass is 16.2. The standard InChI is InChI=1S/C31H53N11O5/c1-2-3-14-23(40-26(44)21-11-5-4-6-12-21)28(46)41-24(15-7-8-17-32)29(47)42-25(16-10-19-38-31(35)36)27(45)39-22(20-43)13-9-18-37-30(33)34/h4-6,11-12,20,22-25H,2-3,7-10,13-19,32H2,1H3,(H,39,45)(H,40,44)(H,41,46)(H,42,47)(H4,33,34,37)(H4,35,36,38)/t22-,23-,24-,25+/m0/s1. The fraction of sp³-hybridized carbons (Fsp3) is 0.581. The Balaban J connectivity index is 3.13.